The Morgan fingerprint density at radius 3 is 2.65 bits per heavy atom. The molecule has 1 aromatic rings. The average Bonchev–Trinajstić information content (AvgIpc) is 2.34. The number of benzene rings is 1. The third-order valence-corrected chi connectivity index (χ3v) is 3.12. The van der Waals surface area contributed by atoms with Gasteiger partial charge < -0.3 is 20.1 Å². The van der Waals surface area contributed by atoms with Crippen molar-refractivity contribution in [2.45, 2.75) is 37.3 Å². The van der Waals surface area contributed by atoms with Gasteiger partial charge in [0.05, 0.1) is 12.2 Å². The second-order valence-corrected chi connectivity index (χ2v) is 4.44. The van der Waals surface area contributed by atoms with Crippen molar-refractivity contribution >= 4 is 0 Å². The van der Waals surface area contributed by atoms with Gasteiger partial charge in [-0.25, -0.2) is 0 Å². The van der Waals surface area contributed by atoms with Crippen molar-refractivity contribution in [1.82, 2.24) is 0 Å². The molecule has 0 aliphatic carbocycles. The molecule has 1 aromatic carbocycles. The van der Waals surface area contributed by atoms with Crippen LogP contribution in [0.25, 0.3) is 0 Å². The fourth-order valence-electron chi connectivity index (χ4n) is 2.12. The molecule has 0 amide bonds. The normalized spacial score (nSPS) is 31.1. The van der Waals surface area contributed by atoms with E-state index < -0.39 is 24.4 Å². The summed E-state index contributed by atoms with van der Waals surface area (Å²) in [5.41, 5.74) is 0.982. The summed E-state index contributed by atoms with van der Waals surface area (Å²) in [6.07, 6.45) is -2.51. The van der Waals surface area contributed by atoms with Gasteiger partial charge in [0, 0.05) is 13.0 Å². The molecule has 94 valence electrons. The van der Waals surface area contributed by atoms with Crippen LogP contribution in [0.2, 0.25) is 0 Å². The van der Waals surface area contributed by atoms with Crippen molar-refractivity contribution in [1.29, 1.82) is 0 Å². The Morgan fingerprint density at radius 2 is 1.94 bits per heavy atom. The van der Waals surface area contributed by atoms with Crippen LogP contribution in [-0.4, -0.2) is 46.3 Å². The van der Waals surface area contributed by atoms with Crippen LogP contribution in [0.5, 0.6) is 0 Å². The van der Waals surface area contributed by atoms with Gasteiger partial charge in [-0.1, -0.05) is 30.3 Å². The molecule has 2 rings (SSSR count). The Bertz CT molecular complexity index is 341. The number of hydrogen-bond donors (Lipinski definition) is 3. The maximum Gasteiger partial charge on any atom is 0.112 e. The number of ether oxygens (including phenoxy) is 1. The molecular weight excluding hydrogens is 220 g/mol. The second kappa shape index (κ2) is 5.60. The molecule has 3 N–H and O–H groups in total. The third-order valence-electron chi connectivity index (χ3n) is 3.12. The zero-order valence-corrected chi connectivity index (χ0v) is 9.57. The van der Waals surface area contributed by atoms with Crippen molar-refractivity contribution in [2.75, 3.05) is 6.61 Å². The Morgan fingerprint density at radius 1 is 1.24 bits per heavy atom. The molecule has 1 aliphatic heterocycles. The lowest BCUT2D eigenvalue weighted by molar-refractivity contribution is -0.169. The lowest BCUT2D eigenvalue weighted by Crippen LogP contribution is -2.50. The summed E-state index contributed by atoms with van der Waals surface area (Å²) < 4.78 is 5.33. The van der Waals surface area contributed by atoms with E-state index in [1.165, 1.54) is 0 Å². The van der Waals surface area contributed by atoms with E-state index in [-0.39, 0.29) is 0 Å². The molecule has 0 bridgehead atoms. The van der Waals surface area contributed by atoms with Gasteiger partial charge in [-0.15, -0.1) is 0 Å². The fourth-order valence-corrected chi connectivity index (χ4v) is 2.12. The molecule has 1 heterocycles. The van der Waals surface area contributed by atoms with Gasteiger partial charge >= 0.3 is 0 Å². The van der Waals surface area contributed by atoms with Crippen LogP contribution in [0.1, 0.15) is 12.0 Å². The van der Waals surface area contributed by atoms with Crippen LogP contribution in [0.15, 0.2) is 30.3 Å². The second-order valence-electron chi connectivity index (χ2n) is 4.44. The maximum absolute atomic E-state index is 10.0. The van der Waals surface area contributed by atoms with Crippen molar-refractivity contribution < 1.29 is 20.1 Å². The lowest BCUT2D eigenvalue weighted by Gasteiger charge is -2.34. The van der Waals surface area contributed by atoms with Gasteiger partial charge in [0.2, 0.25) is 0 Å². The monoisotopic (exact) mass is 238 g/mol. The molecule has 17 heavy (non-hydrogen) atoms. The van der Waals surface area contributed by atoms with Crippen molar-refractivity contribution in [3.63, 3.8) is 0 Å². The Labute approximate surface area is 100 Å². The molecule has 1 saturated heterocycles. The number of aliphatic hydroxyl groups excluding tert-OH is 3. The molecule has 0 spiro atoms. The van der Waals surface area contributed by atoms with Crippen LogP contribution >= 0.6 is 0 Å². The molecular formula is C13H18O4. The highest BCUT2D eigenvalue weighted by molar-refractivity contribution is 5.16. The summed E-state index contributed by atoms with van der Waals surface area (Å²) in [6, 6.07) is 9.53. The Hall–Kier alpha value is -0.940. The van der Waals surface area contributed by atoms with Gasteiger partial charge in [-0.3, -0.25) is 0 Å². The van der Waals surface area contributed by atoms with Crippen LogP contribution < -0.4 is 0 Å². The van der Waals surface area contributed by atoms with Gasteiger partial charge in [-0.2, -0.15) is 0 Å². The summed E-state index contributed by atoms with van der Waals surface area (Å²) in [6.45, 7) is 0.370. The van der Waals surface area contributed by atoms with Crippen molar-refractivity contribution in [3.05, 3.63) is 35.9 Å². The first kappa shape index (κ1) is 12.5. The molecule has 1 aliphatic rings. The summed E-state index contributed by atoms with van der Waals surface area (Å²) in [5.74, 6) is 0. The van der Waals surface area contributed by atoms with Crippen LogP contribution in [-0.2, 0) is 11.2 Å². The zero-order valence-electron chi connectivity index (χ0n) is 9.57. The molecule has 0 aromatic heterocycles. The highest BCUT2D eigenvalue weighted by Gasteiger charge is 2.36. The SMILES string of the molecule is OC(Cc1ccccc1)C1OCCC(O)[C@@H]1O. The van der Waals surface area contributed by atoms with Gasteiger partial charge in [0.25, 0.3) is 0 Å². The molecule has 1 fully saturated rings. The summed E-state index contributed by atoms with van der Waals surface area (Å²) in [5, 5.41) is 29.3. The predicted molar refractivity (Wildman–Crippen MR) is 62.5 cm³/mol. The maximum atomic E-state index is 10.0. The van der Waals surface area contributed by atoms with Crippen LogP contribution in [0.3, 0.4) is 0 Å². The van der Waals surface area contributed by atoms with Crippen molar-refractivity contribution in [2.24, 2.45) is 0 Å². The minimum Gasteiger partial charge on any atom is -0.390 e. The smallest absolute Gasteiger partial charge is 0.112 e. The van der Waals surface area contributed by atoms with Crippen LogP contribution in [0.4, 0.5) is 0 Å². The van der Waals surface area contributed by atoms with E-state index in [9.17, 15) is 15.3 Å². The quantitative estimate of drug-likeness (QED) is 0.698. The molecule has 0 radical (unpaired) electrons. The molecule has 0 saturated carbocycles. The van der Waals surface area contributed by atoms with E-state index in [0.717, 1.165) is 5.56 Å². The van der Waals surface area contributed by atoms with Gasteiger partial charge in [0.15, 0.2) is 0 Å². The number of hydrogen-bond acceptors (Lipinski definition) is 4. The minimum atomic E-state index is -1.01. The van der Waals surface area contributed by atoms with E-state index in [4.69, 9.17) is 4.74 Å². The largest absolute Gasteiger partial charge is 0.390 e. The first-order chi connectivity index (χ1) is 8.18. The van der Waals surface area contributed by atoms with Gasteiger partial charge in [-0.05, 0) is 12.0 Å². The first-order valence-corrected chi connectivity index (χ1v) is 5.88. The summed E-state index contributed by atoms with van der Waals surface area (Å²) in [4.78, 5) is 0. The lowest BCUT2D eigenvalue weighted by atomic mass is 9.94. The van der Waals surface area contributed by atoms with Crippen molar-refractivity contribution in [3.8, 4) is 0 Å². The standard InChI is InChI=1S/C13H18O4/c14-10-6-7-17-13(12(10)16)11(15)8-9-4-2-1-3-5-9/h1-5,10-16H,6-8H2/t10?,11?,12-,13?/m0/s1. The van der Waals surface area contributed by atoms with Gasteiger partial charge in [0.1, 0.15) is 12.2 Å². The topological polar surface area (TPSA) is 69.9 Å². The summed E-state index contributed by atoms with van der Waals surface area (Å²) >= 11 is 0. The molecule has 3 unspecified atom stereocenters. The number of aliphatic hydroxyl groups is 3. The molecule has 4 atom stereocenters. The predicted octanol–water partition coefficient (Wildman–Crippen LogP) is 0.101. The first-order valence-electron chi connectivity index (χ1n) is 5.88. The fraction of sp³-hybridized carbons (Fsp3) is 0.538. The third kappa shape index (κ3) is 3.04. The zero-order chi connectivity index (χ0) is 12.3. The molecule has 4 heteroatoms. The van der Waals surface area contributed by atoms with E-state index >= 15 is 0 Å². The minimum absolute atomic E-state index is 0.370. The van der Waals surface area contributed by atoms with E-state index in [1.54, 1.807) is 0 Å². The Balaban J connectivity index is 1.97. The average molecular weight is 238 g/mol. The van der Waals surface area contributed by atoms with Crippen LogP contribution in [0, 0.1) is 0 Å². The highest BCUT2D eigenvalue weighted by Crippen LogP contribution is 2.19. The Kier molecular flexibility index (Phi) is 4.12. The van der Waals surface area contributed by atoms with E-state index in [1.807, 2.05) is 30.3 Å². The summed E-state index contributed by atoms with van der Waals surface area (Å²) in [7, 11) is 0. The highest BCUT2D eigenvalue weighted by atomic mass is 16.5. The van der Waals surface area contributed by atoms with E-state index in [2.05, 4.69) is 0 Å². The molecule has 4 nitrogen and oxygen atoms in total. The van der Waals surface area contributed by atoms with E-state index in [0.29, 0.717) is 19.4 Å². The number of rotatable bonds is 3.